The number of benzene rings is 1. The van der Waals surface area contributed by atoms with Crippen molar-refractivity contribution in [2.45, 2.75) is 6.61 Å². The van der Waals surface area contributed by atoms with Crippen LogP contribution in [0.25, 0.3) is 16.9 Å². The van der Waals surface area contributed by atoms with Gasteiger partial charge in [0.2, 0.25) is 0 Å². The Hall–Kier alpha value is -1.99. The van der Waals surface area contributed by atoms with Crippen LogP contribution in [0.4, 0.5) is 8.78 Å². The van der Waals surface area contributed by atoms with E-state index < -0.39 is 6.61 Å². The Kier molecular flexibility index (Phi) is 3.60. The van der Waals surface area contributed by atoms with E-state index in [1.807, 2.05) is 0 Å². The SMILES string of the molecule is FC(F)Oc1ccc(-n2c(=S)[nH]c3cc(Cl)cnc32)cc1. The summed E-state index contributed by atoms with van der Waals surface area (Å²) < 4.78 is 30.7. The van der Waals surface area contributed by atoms with Gasteiger partial charge in [-0.1, -0.05) is 11.6 Å². The second-order valence-corrected chi connectivity index (χ2v) is 4.99. The molecule has 0 aliphatic carbocycles. The number of ether oxygens (including phenoxy) is 1. The molecule has 0 unspecified atom stereocenters. The Morgan fingerprint density at radius 3 is 2.67 bits per heavy atom. The third-order valence-corrected chi connectivity index (χ3v) is 3.30. The van der Waals surface area contributed by atoms with Gasteiger partial charge in [-0.2, -0.15) is 8.78 Å². The van der Waals surface area contributed by atoms with E-state index in [0.29, 0.717) is 26.6 Å². The second kappa shape index (κ2) is 5.42. The molecular formula is C13H8ClF2N3OS. The van der Waals surface area contributed by atoms with Crippen molar-refractivity contribution in [2.75, 3.05) is 0 Å². The number of fused-ring (bicyclic) bond motifs is 1. The summed E-state index contributed by atoms with van der Waals surface area (Å²) >= 11 is 11.1. The predicted octanol–water partition coefficient (Wildman–Crippen LogP) is 4.34. The normalized spacial score (nSPS) is 11.2. The van der Waals surface area contributed by atoms with E-state index in [9.17, 15) is 8.78 Å². The molecule has 4 nitrogen and oxygen atoms in total. The molecule has 0 saturated carbocycles. The van der Waals surface area contributed by atoms with Crippen molar-refractivity contribution in [1.82, 2.24) is 14.5 Å². The topological polar surface area (TPSA) is 42.8 Å². The number of nitrogens with zero attached hydrogens (tertiary/aromatic N) is 2. The summed E-state index contributed by atoms with van der Waals surface area (Å²) in [6.07, 6.45) is 1.51. The number of hydrogen-bond donors (Lipinski definition) is 1. The quantitative estimate of drug-likeness (QED) is 0.728. The fraction of sp³-hybridized carbons (Fsp3) is 0.0769. The van der Waals surface area contributed by atoms with Crippen LogP contribution in [-0.4, -0.2) is 21.1 Å². The molecule has 0 saturated heterocycles. The van der Waals surface area contributed by atoms with Gasteiger partial charge in [-0.3, -0.25) is 4.57 Å². The maximum absolute atomic E-state index is 12.1. The summed E-state index contributed by atoms with van der Waals surface area (Å²) in [5.74, 6) is 0.0797. The lowest BCUT2D eigenvalue weighted by atomic mass is 10.3. The van der Waals surface area contributed by atoms with Gasteiger partial charge >= 0.3 is 6.61 Å². The Bertz CT molecular complexity index is 845. The summed E-state index contributed by atoms with van der Waals surface area (Å²) in [6.45, 7) is -2.85. The van der Waals surface area contributed by atoms with Crippen LogP contribution in [0.5, 0.6) is 5.75 Å². The molecule has 1 N–H and O–H groups in total. The van der Waals surface area contributed by atoms with E-state index in [4.69, 9.17) is 23.8 Å². The Balaban J connectivity index is 2.08. The van der Waals surface area contributed by atoms with Crippen molar-refractivity contribution in [3.63, 3.8) is 0 Å². The first-order valence-corrected chi connectivity index (χ1v) is 6.65. The standard InChI is InChI=1S/C13H8ClF2N3OS/c14-7-5-10-11(17-6-7)19(13(21)18-10)8-1-3-9(4-2-8)20-12(15)16/h1-6,12H,(H,18,21). The van der Waals surface area contributed by atoms with Gasteiger partial charge in [0.25, 0.3) is 0 Å². The number of nitrogens with one attached hydrogen (secondary N) is 1. The molecule has 0 aliphatic rings. The summed E-state index contributed by atoms with van der Waals surface area (Å²) in [5, 5.41) is 0.492. The summed E-state index contributed by atoms with van der Waals surface area (Å²) in [6, 6.07) is 7.84. The minimum atomic E-state index is -2.85. The van der Waals surface area contributed by atoms with Crippen LogP contribution in [0.1, 0.15) is 0 Å². The number of halogens is 3. The van der Waals surface area contributed by atoms with E-state index >= 15 is 0 Å². The van der Waals surface area contributed by atoms with Crippen molar-refractivity contribution in [1.29, 1.82) is 0 Å². The monoisotopic (exact) mass is 327 g/mol. The summed E-state index contributed by atoms with van der Waals surface area (Å²) in [5.41, 5.74) is 1.98. The lowest BCUT2D eigenvalue weighted by Gasteiger charge is -2.07. The number of aromatic nitrogens is 3. The number of aromatic amines is 1. The van der Waals surface area contributed by atoms with Crippen molar-refractivity contribution in [2.24, 2.45) is 0 Å². The van der Waals surface area contributed by atoms with E-state index in [0.717, 1.165) is 0 Å². The van der Waals surface area contributed by atoms with Gasteiger partial charge in [0.05, 0.1) is 16.2 Å². The van der Waals surface area contributed by atoms with Crippen LogP contribution in [0.15, 0.2) is 36.5 Å². The highest BCUT2D eigenvalue weighted by molar-refractivity contribution is 7.71. The third kappa shape index (κ3) is 2.74. The number of imidazole rings is 1. The lowest BCUT2D eigenvalue weighted by Crippen LogP contribution is -2.02. The molecule has 2 heterocycles. The minimum Gasteiger partial charge on any atom is -0.435 e. The van der Waals surface area contributed by atoms with Crippen LogP contribution in [-0.2, 0) is 0 Å². The van der Waals surface area contributed by atoms with E-state index in [1.54, 1.807) is 22.8 Å². The number of pyridine rings is 1. The minimum absolute atomic E-state index is 0.0797. The van der Waals surface area contributed by atoms with Crippen LogP contribution in [0.3, 0.4) is 0 Å². The molecule has 8 heteroatoms. The van der Waals surface area contributed by atoms with Crippen LogP contribution in [0.2, 0.25) is 5.02 Å². The summed E-state index contributed by atoms with van der Waals surface area (Å²) in [4.78, 5) is 7.22. The Morgan fingerprint density at radius 1 is 1.29 bits per heavy atom. The molecule has 3 rings (SSSR count). The largest absolute Gasteiger partial charge is 0.435 e. The Morgan fingerprint density at radius 2 is 2.00 bits per heavy atom. The number of alkyl halides is 2. The Labute approximate surface area is 128 Å². The second-order valence-electron chi connectivity index (χ2n) is 4.16. The van der Waals surface area contributed by atoms with Crippen LogP contribution in [0, 0.1) is 4.77 Å². The molecule has 0 spiro atoms. The molecule has 0 amide bonds. The van der Waals surface area contributed by atoms with Gasteiger partial charge in [0.1, 0.15) is 5.75 Å². The summed E-state index contributed by atoms with van der Waals surface area (Å²) in [7, 11) is 0. The maximum Gasteiger partial charge on any atom is 0.387 e. The van der Waals surface area contributed by atoms with Gasteiger partial charge in [0, 0.05) is 6.20 Å². The highest BCUT2D eigenvalue weighted by atomic mass is 35.5. The maximum atomic E-state index is 12.1. The fourth-order valence-electron chi connectivity index (χ4n) is 1.99. The predicted molar refractivity (Wildman–Crippen MR) is 77.9 cm³/mol. The molecule has 3 aromatic rings. The van der Waals surface area contributed by atoms with E-state index in [-0.39, 0.29) is 5.75 Å². The molecule has 0 bridgehead atoms. The molecule has 0 atom stereocenters. The highest BCUT2D eigenvalue weighted by Crippen LogP contribution is 2.22. The molecule has 1 aromatic carbocycles. The number of rotatable bonds is 3. The van der Waals surface area contributed by atoms with Gasteiger partial charge in [-0.15, -0.1) is 0 Å². The molecule has 2 aromatic heterocycles. The molecule has 0 aliphatic heterocycles. The van der Waals surface area contributed by atoms with E-state index in [1.165, 1.54) is 18.3 Å². The smallest absolute Gasteiger partial charge is 0.387 e. The highest BCUT2D eigenvalue weighted by Gasteiger charge is 2.09. The molecule has 0 radical (unpaired) electrons. The molecule has 0 fully saturated rings. The first-order chi connectivity index (χ1) is 10.0. The third-order valence-electron chi connectivity index (χ3n) is 2.81. The zero-order chi connectivity index (χ0) is 15.0. The average Bonchev–Trinajstić information content (AvgIpc) is 2.74. The number of hydrogen-bond acceptors (Lipinski definition) is 3. The average molecular weight is 328 g/mol. The zero-order valence-corrected chi connectivity index (χ0v) is 12.0. The first kappa shape index (κ1) is 14.0. The van der Waals surface area contributed by atoms with Crippen molar-refractivity contribution in [3.8, 4) is 11.4 Å². The van der Waals surface area contributed by atoms with Crippen molar-refractivity contribution in [3.05, 3.63) is 46.3 Å². The first-order valence-electron chi connectivity index (χ1n) is 5.86. The zero-order valence-electron chi connectivity index (χ0n) is 10.4. The van der Waals surface area contributed by atoms with E-state index in [2.05, 4.69) is 14.7 Å². The van der Waals surface area contributed by atoms with Crippen molar-refractivity contribution < 1.29 is 13.5 Å². The van der Waals surface area contributed by atoms with Crippen molar-refractivity contribution >= 4 is 35.0 Å². The fourth-order valence-corrected chi connectivity index (χ4v) is 2.45. The molecule has 21 heavy (non-hydrogen) atoms. The van der Waals surface area contributed by atoms with Gasteiger partial charge in [0.15, 0.2) is 10.4 Å². The van der Waals surface area contributed by atoms with Crippen LogP contribution >= 0.6 is 23.8 Å². The van der Waals surface area contributed by atoms with Gasteiger partial charge in [-0.05, 0) is 42.5 Å². The van der Waals surface area contributed by atoms with Gasteiger partial charge < -0.3 is 9.72 Å². The molecular weight excluding hydrogens is 320 g/mol. The van der Waals surface area contributed by atoms with Gasteiger partial charge in [-0.25, -0.2) is 4.98 Å². The van der Waals surface area contributed by atoms with Crippen LogP contribution < -0.4 is 4.74 Å². The molecule has 108 valence electrons. The number of H-pyrrole nitrogens is 1. The lowest BCUT2D eigenvalue weighted by molar-refractivity contribution is -0.0498.